The number of hydrogen-bond donors (Lipinski definition) is 2. The molecule has 0 atom stereocenters. The van der Waals surface area contributed by atoms with Gasteiger partial charge in [0, 0.05) is 26.3 Å². The molecule has 0 bridgehead atoms. The van der Waals surface area contributed by atoms with E-state index in [9.17, 15) is 8.42 Å². The molecule has 0 heterocycles. The summed E-state index contributed by atoms with van der Waals surface area (Å²) in [6.07, 6.45) is 4.77. The monoisotopic (exact) mass is 306 g/mol. The van der Waals surface area contributed by atoms with Crippen LogP contribution in [0.5, 0.6) is 0 Å². The van der Waals surface area contributed by atoms with Crippen LogP contribution in [0.25, 0.3) is 0 Å². The number of sulfonamides is 1. The second-order valence-corrected chi connectivity index (χ2v) is 8.13. The first-order valence-electron chi connectivity index (χ1n) is 7.59. The Morgan fingerprint density at radius 1 is 1.25 bits per heavy atom. The van der Waals surface area contributed by atoms with Crippen LogP contribution >= 0.6 is 0 Å². The van der Waals surface area contributed by atoms with Crippen molar-refractivity contribution in [2.45, 2.75) is 52.0 Å². The molecule has 0 aromatic heterocycles. The van der Waals surface area contributed by atoms with Gasteiger partial charge in [0.15, 0.2) is 0 Å². The van der Waals surface area contributed by atoms with Crippen molar-refractivity contribution in [1.29, 1.82) is 0 Å². The largest absolute Gasteiger partial charge is 0.385 e. The van der Waals surface area contributed by atoms with Gasteiger partial charge >= 0.3 is 0 Å². The number of rotatable bonds is 12. The van der Waals surface area contributed by atoms with E-state index in [1.54, 1.807) is 7.11 Å². The summed E-state index contributed by atoms with van der Waals surface area (Å²) in [7, 11) is -1.43. The van der Waals surface area contributed by atoms with Crippen LogP contribution in [0.2, 0.25) is 0 Å². The summed E-state index contributed by atoms with van der Waals surface area (Å²) >= 11 is 0. The van der Waals surface area contributed by atoms with Crippen molar-refractivity contribution >= 4 is 10.0 Å². The van der Waals surface area contributed by atoms with Gasteiger partial charge in [-0.1, -0.05) is 13.8 Å². The van der Waals surface area contributed by atoms with Gasteiger partial charge in [0.2, 0.25) is 10.0 Å². The lowest BCUT2D eigenvalue weighted by Crippen LogP contribution is -2.33. The van der Waals surface area contributed by atoms with Crippen molar-refractivity contribution in [2.75, 3.05) is 32.6 Å². The van der Waals surface area contributed by atoms with Crippen molar-refractivity contribution < 1.29 is 13.2 Å². The van der Waals surface area contributed by atoms with Gasteiger partial charge in [-0.05, 0) is 44.1 Å². The van der Waals surface area contributed by atoms with Gasteiger partial charge in [-0.15, -0.1) is 0 Å². The molecule has 120 valence electrons. The molecule has 0 aromatic carbocycles. The molecule has 0 radical (unpaired) electrons. The number of unbranched alkanes of at least 4 members (excludes halogenated alkanes) is 1. The van der Waals surface area contributed by atoms with Crippen LogP contribution in [0.1, 0.15) is 46.0 Å². The molecular weight excluding hydrogens is 276 g/mol. The Bertz CT molecular complexity index is 365. The van der Waals surface area contributed by atoms with Crippen molar-refractivity contribution in [3.05, 3.63) is 0 Å². The summed E-state index contributed by atoms with van der Waals surface area (Å²) in [5.41, 5.74) is 0.169. The minimum absolute atomic E-state index is 0.169. The fourth-order valence-electron chi connectivity index (χ4n) is 2.15. The van der Waals surface area contributed by atoms with Crippen LogP contribution in [-0.4, -0.2) is 47.0 Å². The molecule has 1 saturated carbocycles. The van der Waals surface area contributed by atoms with Gasteiger partial charge in [-0.25, -0.2) is 13.1 Å². The molecule has 0 aliphatic heterocycles. The molecule has 1 fully saturated rings. The average molecular weight is 306 g/mol. The van der Waals surface area contributed by atoms with E-state index in [0.29, 0.717) is 25.6 Å². The van der Waals surface area contributed by atoms with Crippen LogP contribution in [0.15, 0.2) is 0 Å². The van der Waals surface area contributed by atoms with E-state index >= 15 is 0 Å². The highest BCUT2D eigenvalue weighted by Crippen LogP contribution is 2.48. The molecule has 2 N–H and O–H groups in total. The lowest BCUT2D eigenvalue weighted by Gasteiger charge is -2.15. The highest BCUT2D eigenvalue weighted by atomic mass is 32.2. The smallest absolute Gasteiger partial charge is 0.211 e. The Morgan fingerprint density at radius 2 is 1.95 bits per heavy atom. The fraction of sp³-hybridized carbons (Fsp3) is 1.00. The molecule has 6 heteroatoms. The van der Waals surface area contributed by atoms with Gasteiger partial charge < -0.3 is 10.1 Å². The zero-order valence-corrected chi connectivity index (χ0v) is 13.9. The highest BCUT2D eigenvalue weighted by Gasteiger charge is 2.42. The van der Waals surface area contributed by atoms with Gasteiger partial charge in [0.1, 0.15) is 0 Å². The van der Waals surface area contributed by atoms with Crippen molar-refractivity contribution in [3.8, 4) is 0 Å². The second kappa shape index (κ2) is 8.32. The Kier molecular flexibility index (Phi) is 7.43. The third-order valence-corrected chi connectivity index (χ3v) is 5.26. The molecule has 20 heavy (non-hydrogen) atoms. The standard InChI is InChI=1S/C14H30N2O3S/c1-13(2)15-9-4-5-11-20(17,18)16-12-14(6-7-14)8-10-19-3/h13,15-16H,4-12H2,1-3H3. The summed E-state index contributed by atoms with van der Waals surface area (Å²) in [6.45, 7) is 6.34. The van der Waals surface area contributed by atoms with E-state index in [1.807, 2.05) is 0 Å². The predicted octanol–water partition coefficient (Wildman–Crippen LogP) is 1.50. The summed E-state index contributed by atoms with van der Waals surface area (Å²) in [5.74, 6) is 0.229. The van der Waals surface area contributed by atoms with E-state index < -0.39 is 10.0 Å². The summed E-state index contributed by atoms with van der Waals surface area (Å²) < 4.78 is 31.7. The number of methoxy groups -OCH3 is 1. The predicted molar refractivity (Wildman–Crippen MR) is 82.3 cm³/mol. The second-order valence-electron chi connectivity index (χ2n) is 6.20. The zero-order chi connectivity index (χ0) is 15.1. The van der Waals surface area contributed by atoms with Crippen molar-refractivity contribution in [3.63, 3.8) is 0 Å². The lowest BCUT2D eigenvalue weighted by atomic mass is 10.0. The topological polar surface area (TPSA) is 67.4 Å². The Morgan fingerprint density at radius 3 is 2.50 bits per heavy atom. The molecule has 0 unspecified atom stereocenters. The van der Waals surface area contributed by atoms with E-state index in [1.165, 1.54) is 0 Å². The molecular formula is C14H30N2O3S. The normalized spacial score (nSPS) is 17.6. The van der Waals surface area contributed by atoms with Gasteiger partial charge in [-0.3, -0.25) is 0 Å². The van der Waals surface area contributed by atoms with Crippen LogP contribution in [-0.2, 0) is 14.8 Å². The number of ether oxygens (including phenoxy) is 1. The van der Waals surface area contributed by atoms with E-state index in [0.717, 1.165) is 32.2 Å². The Labute approximate surface area is 123 Å². The van der Waals surface area contributed by atoms with Gasteiger partial charge in [0.05, 0.1) is 5.75 Å². The maximum absolute atomic E-state index is 11.9. The number of nitrogens with one attached hydrogen (secondary N) is 2. The van der Waals surface area contributed by atoms with Crippen molar-refractivity contribution in [1.82, 2.24) is 10.0 Å². The van der Waals surface area contributed by atoms with E-state index in [2.05, 4.69) is 23.9 Å². The lowest BCUT2D eigenvalue weighted by molar-refractivity contribution is 0.173. The highest BCUT2D eigenvalue weighted by molar-refractivity contribution is 7.89. The molecule has 1 aliphatic carbocycles. The first-order chi connectivity index (χ1) is 9.39. The fourth-order valence-corrected chi connectivity index (χ4v) is 3.41. The Hall–Kier alpha value is -0.170. The van der Waals surface area contributed by atoms with E-state index in [4.69, 9.17) is 4.74 Å². The minimum Gasteiger partial charge on any atom is -0.385 e. The van der Waals surface area contributed by atoms with Crippen LogP contribution in [0, 0.1) is 5.41 Å². The molecule has 0 spiro atoms. The Balaban J connectivity index is 2.15. The minimum atomic E-state index is -3.12. The van der Waals surface area contributed by atoms with Gasteiger partial charge in [-0.2, -0.15) is 0 Å². The number of hydrogen-bond acceptors (Lipinski definition) is 4. The summed E-state index contributed by atoms with van der Waals surface area (Å²) in [5, 5.41) is 3.29. The first kappa shape index (κ1) is 17.9. The van der Waals surface area contributed by atoms with Crippen molar-refractivity contribution in [2.24, 2.45) is 5.41 Å². The SMILES string of the molecule is COCCC1(CNS(=O)(=O)CCCCNC(C)C)CC1. The molecule has 1 aliphatic rings. The quantitative estimate of drug-likeness (QED) is 0.536. The molecule has 0 saturated heterocycles. The van der Waals surface area contributed by atoms with Crippen LogP contribution in [0.4, 0.5) is 0 Å². The maximum atomic E-state index is 11.9. The first-order valence-corrected chi connectivity index (χ1v) is 9.24. The summed E-state index contributed by atoms with van der Waals surface area (Å²) in [4.78, 5) is 0. The van der Waals surface area contributed by atoms with E-state index in [-0.39, 0.29) is 11.2 Å². The summed E-state index contributed by atoms with van der Waals surface area (Å²) in [6, 6.07) is 0.459. The van der Waals surface area contributed by atoms with Crippen LogP contribution in [0.3, 0.4) is 0 Å². The molecule has 5 nitrogen and oxygen atoms in total. The molecule has 0 aromatic rings. The maximum Gasteiger partial charge on any atom is 0.211 e. The zero-order valence-electron chi connectivity index (χ0n) is 13.1. The third kappa shape index (κ3) is 7.57. The van der Waals surface area contributed by atoms with Crippen LogP contribution < -0.4 is 10.0 Å². The average Bonchev–Trinajstić information content (AvgIpc) is 3.14. The van der Waals surface area contributed by atoms with Gasteiger partial charge in [0.25, 0.3) is 0 Å². The molecule has 1 rings (SSSR count). The molecule has 0 amide bonds. The third-order valence-electron chi connectivity index (χ3n) is 3.85.